The van der Waals surface area contributed by atoms with Crippen LogP contribution in [0.5, 0.6) is 5.75 Å². The molecule has 0 saturated carbocycles. The second-order valence-electron chi connectivity index (χ2n) is 13.2. The molecule has 0 radical (unpaired) electrons. The molecule has 0 bridgehead atoms. The first kappa shape index (κ1) is 37.3. The van der Waals surface area contributed by atoms with Gasteiger partial charge in [-0.05, 0) is 80.6 Å². The summed E-state index contributed by atoms with van der Waals surface area (Å²) in [5.74, 6) is 0.0621. The Morgan fingerprint density at radius 3 is 1.90 bits per heavy atom. The first-order valence-corrected chi connectivity index (χ1v) is 19.0. The summed E-state index contributed by atoms with van der Waals surface area (Å²) in [6.07, 6.45) is 2.51. The quantitative estimate of drug-likeness (QED) is 0.108. The minimum Gasteiger partial charge on any atom is -0.505 e. The van der Waals surface area contributed by atoms with Crippen molar-refractivity contribution in [3.05, 3.63) is 170 Å². The summed E-state index contributed by atoms with van der Waals surface area (Å²) in [5.41, 5.74) is 7.60. The van der Waals surface area contributed by atoms with Gasteiger partial charge in [-0.2, -0.15) is 0 Å². The Balaban J connectivity index is 1.23. The molecule has 0 amide bonds. The van der Waals surface area contributed by atoms with Crippen LogP contribution >= 0.6 is 27.5 Å². The predicted octanol–water partition coefficient (Wildman–Crippen LogP) is 10.4. The highest BCUT2D eigenvalue weighted by Gasteiger charge is 2.40. The van der Waals surface area contributed by atoms with Crippen LogP contribution in [0.4, 0.5) is 0 Å². The van der Waals surface area contributed by atoms with E-state index in [2.05, 4.69) is 89.6 Å². The maximum absolute atomic E-state index is 11.1. The molecular weight excluding hydrogens is 724 g/mol. The van der Waals surface area contributed by atoms with Crippen molar-refractivity contribution in [2.24, 2.45) is 0 Å². The third kappa shape index (κ3) is 10.5. The van der Waals surface area contributed by atoms with Crippen molar-refractivity contribution in [3.8, 4) is 5.75 Å². The number of hydrogen-bond acceptors (Lipinski definition) is 5. The number of phenols is 1. The molecule has 1 saturated heterocycles. The largest absolute Gasteiger partial charge is 0.505 e. The van der Waals surface area contributed by atoms with Gasteiger partial charge in [0, 0.05) is 6.42 Å². The number of aryl methyl sites for hydroxylation is 2. The number of rotatable bonds is 16. The Labute approximate surface area is 315 Å². The number of ether oxygens (including phenoxy) is 4. The van der Waals surface area contributed by atoms with E-state index in [0.717, 1.165) is 39.8 Å². The van der Waals surface area contributed by atoms with Crippen LogP contribution in [-0.2, 0) is 58.0 Å². The van der Waals surface area contributed by atoms with Crippen molar-refractivity contribution in [3.63, 3.8) is 0 Å². The summed E-state index contributed by atoms with van der Waals surface area (Å²) < 4.78 is 27.0. The van der Waals surface area contributed by atoms with Crippen molar-refractivity contribution in [1.29, 1.82) is 0 Å². The standard InChI is InChI=1S/C44H46BrClO5/c1-2-31-18-20-32(21-19-31)24-37-25-36(41(45)43(47)42(37)46)22-23-39-44(50-29-35-16-10-5-11-17-35)40(49-28-34-14-8-4-9-15-34)26-38(51-39)30-48-27-33-12-6-3-7-13-33/h3-21,25,38-40,44,47H,2,22-24,26-30H2,1H3/t38-,39?,40-,44-/m0/s1. The van der Waals surface area contributed by atoms with Crippen LogP contribution in [0.25, 0.3) is 0 Å². The molecule has 1 aliphatic heterocycles. The highest BCUT2D eigenvalue weighted by atomic mass is 79.9. The molecule has 4 atom stereocenters. The molecule has 6 rings (SSSR count). The van der Waals surface area contributed by atoms with E-state index in [1.807, 2.05) is 54.6 Å². The lowest BCUT2D eigenvalue weighted by molar-refractivity contribution is -0.218. The normalized spacial score (nSPS) is 18.9. The van der Waals surface area contributed by atoms with Gasteiger partial charge in [-0.15, -0.1) is 0 Å². The molecule has 1 unspecified atom stereocenters. The van der Waals surface area contributed by atoms with E-state index in [9.17, 15) is 5.11 Å². The fourth-order valence-corrected chi connectivity index (χ4v) is 7.46. The van der Waals surface area contributed by atoms with Gasteiger partial charge in [0.1, 0.15) is 11.9 Å². The van der Waals surface area contributed by atoms with Crippen molar-refractivity contribution < 1.29 is 24.1 Å². The van der Waals surface area contributed by atoms with Crippen LogP contribution in [-0.4, -0.2) is 36.1 Å². The van der Waals surface area contributed by atoms with E-state index in [1.54, 1.807) is 0 Å². The number of benzene rings is 5. The van der Waals surface area contributed by atoms with Crippen molar-refractivity contribution in [2.75, 3.05) is 6.61 Å². The third-order valence-corrected chi connectivity index (χ3v) is 10.8. The number of halogens is 2. The van der Waals surface area contributed by atoms with Crippen LogP contribution in [0.15, 0.2) is 126 Å². The van der Waals surface area contributed by atoms with E-state index >= 15 is 0 Å². The second-order valence-corrected chi connectivity index (χ2v) is 14.4. The maximum Gasteiger partial charge on any atom is 0.148 e. The van der Waals surface area contributed by atoms with Gasteiger partial charge >= 0.3 is 0 Å². The molecule has 51 heavy (non-hydrogen) atoms. The molecule has 1 fully saturated rings. The molecule has 7 heteroatoms. The summed E-state index contributed by atoms with van der Waals surface area (Å²) in [4.78, 5) is 0. The van der Waals surface area contributed by atoms with Gasteiger partial charge in [0.2, 0.25) is 0 Å². The molecule has 0 aliphatic carbocycles. The third-order valence-electron chi connectivity index (χ3n) is 9.45. The van der Waals surface area contributed by atoms with E-state index in [0.29, 0.717) is 61.6 Å². The lowest BCUT2D eigenvalue weighted by Gasteiger charge is -2.42. The molecule has 1 aliphatic rings. The zero-order valence-corrected chi connectivity index (χ0v) is 31.4. The van der Waals surface area contributed by atoms with E-state index in [1.165, 1.54) is 5.56 Å². The Kier molecular flexibility index (Phi) is 13.8. The zero-order chi connectivity index (χ0) is 35.4. The molecule has 5 aromatic rings. The number of aromatic hydroxyl groups is 1. The van der Waals surface area contributed by atoms with Gasteiger partial charge < -0.3 is 24.1 Å². The van der Waals surface area contributed by atoms with E-state index in [-0.39, 0.29) is 30.2 Å². The van der Waals surface area contributed by atoms with E-state index in [4.69, 9.17) is 30.5 Å². The van der Waals surface area contributed by atoms with Gasteiger partial charge in [-0.25, -0.2) is 0 Å². The highest BCUT2D eigenvalue weighted by molar-refractivity contribution is 9.10. The summed E-state index contributed by atoms with van der Waals surface area (Å²) in [6, 6.07) is 41.3. The van der Waals surface area contributed by atoms with Gasteiger partial charge in [-0.3, -0.25) is 0 Å². The van der Waals surface area contributed by atoms with Crippen molar-refractivity contribution in [1.82, 2.24) is 0 Å². The smallest absolute Gasteiger partial charge is 0.148 e. The van der Waals surface area contributed by atoms with Crippen LogP contribution in [0.2, 0.25) is 5.02 Å². The van der Waals surface area contributed by atoms with E-state index < -0.39 is 0 Å². The van der Waals surface area contributed by atoms with Gasteiger partial charge in [0.15, 0.2) is 0 Å². The predicted molar refractivity (Wildman–Crippen MR) is 207 cm³/mol. The number of phenolic OH excluding ortho intramolecular Hbond substituents is 1. The first-order valence-electron chi connectivity index (χ1n) is 17.8. The Morgan fingerprint density at radius 2 is 1.29 bits per heavy atom. The SMILES string of the molecule is CCc1ccc(Cc2cc(CCC3O[C@H](COCc4ccccc4)C[C@H](OCc4ccccc4)[C@H]3OCc3ccccc3)c(Br)c(O)c2Cl)cc1. The monoisotopic (exact) mass is 768 g/mol. The van der Waals surface area contributed by atoms with Crippen LogP contribution in [0.3, 0.4) is 0 Å². The Hall–Kier alpha value is -3.49. The minimum absolute atomic E-state index is 0.0621. The number of hydrogen-bond donors (Lipinski definition) is 1. The van der Waals surface area contributed by atoms with Gasteiger partial charge in [0.25, 0.3) is 0 Å². The Bertz CT molecular complexity index is 1790. The van der Waals surface area contributed by atoms with Crippen molar-refractivity contribution in [2.45, 2.75) is 83.3 Å². The molecular formula is C44H46BrClO5. The molecule has 1 N–H and O–H groups in total. The molecule has 0 aromatic heterocycles. The minimum atomic E-state index is -0.324. The van der Waals surface area contributed by atoms with Crippen LogP contribution in [0.1, 0.15) is 58.7 Å². The average molecular weight is 770 g/mol. The fraction of sp³-hybridized carbons (Fsp3) is 0.318. The highest BCUT2D eigenvalue weighted by Crippen LogP contribution is 2.40. The second kappa shape index (κ2) is 18.8. The average Bonchev–Trinajstić information content (AvgIpc) is 3.17. The van der Waals surface area contributed by atoms with Gasteiger partial charge in [0.05, 0.1) is 54.2 Å². The lowest BCUT2D eigenvalue weighted by Crippen LogP contribution is -2.51. The topological polar surface area (TPSA) is 57.2 Å². The summed E-state index contributed by atoms with van der Waals surface area (Å²) in [6.45, 7) is 4.01. The Morgan fingerprint density at radius 1 is 0.725 bits per heavy atom. The first-order chi connectivity index (χ1) is 25.0. The lowest BCUT2D eigenvalue weighted by atomic mass is 9.92. The van der Waals surface area contributed by atoms with Crippen LogP contribution < -0.4 is 0 Å². The fourth-order valence-electron chi connectivity index (χ4n) is 6.62. The molecule has 266 valence electrons. The summed E-state index contributed by atoms with van der Waals surface area (Å²) in [7, 11) is 0. The molecule has 0 spiro atoms. The summed E-state index contributed by atoms with van der Waals surface area (Å²) in [5, 5.41) is 11.5. The maximum atomic E-state index is 11.1. The molecule has 1 heterocycles. The molecule has 5 aromatic carbocycles. The summed E-state index contributed by atoms with van der Waals surface area (Å²) >= 11 is 10.4. The zero-order valence-electron chi connectivity index (χ0n) is 29.1. The molecule has 5 nitrogen and oxygen atoms in total. The van der Waals surface area contributed by atoms with Crippen LogP contribution in [0, 0.1) is 0 Å². The van der Waals surface area contributed by atoms with Gasteiger partial charge in [-0.1, -0.05) is 140 Å². The van der Waals surface area contributed by atoms with Crippen molar-refractivity contribution >= 4 is 27.5 Å².